The van der Waals surface area contributed by atoms with E-state index in [0.717, 1.165) is 11.1 Å². The van der Waals surface area contributed by atoms with Gasteiger partial charge in [-0.3, -0.25) is 14.3 Å². The summed E-state index contributed by atoms with van der Waals surface area (Å²) >= 11 is 0. The van der Waals surface area contributed by atoms with Crippen LogP contribution in [0.3, 0.4) is 0 Å². The zero-order valence-electron chi connectivity index (χ0n) is 16.6. The van der Waals surface area contributed by atoms with Crippen LogP contribution in [0.4, 0.5) is 13.2 Å². The number of carbonyl (C=O) groups is 1. The van der Waals surface area contributed by atoms with Gasteiger partial charge in [0, 0.05) is 17.1 Å². The molecule has 2 atom stereocenters. The Bertz CT molecular complexity index is 1050. The van der Waals surface area contributed by atoms with Crippen LogP contribution in [0, 0.1) is 5.92 Å². The van der Waals surface area contributed by atoms with Gasteiger partial charge in [0.25, 0.3) is 5.91 Å². The summed E-state index contributed by atoms with van der Waals surface area (Å²) in [7, 11) is -4.63. The second kappa shape index (κ2) is 9.08. The third-order valence-electron chi connectivity index (χ3n) is 5.06. The van der Waals surface area contributed by atoms with Crippen LogP contribution in [0.2, 0.25) is 0 Å². The molecule has 2 aromatic rings. The molecule has 1 aliphatic carbocycles. The van der Waals surface area contributed by atoms with Crippen molar-refractivity contribution < 1.29 is 36.8 Å². The zero-order chi connectivity index (χ0) is 22.8. The molecule has 1 amide bonds. The number of phosphoric acid groups is 1. The molecule has 0 fully saturated rings. The number of benzene rings is 1. The van der Waals surface area contributed by atoms with Crippen LogP contribution in [0.5, 0.6) is 0 Å². The molecule has 0 radical (unpaired) electrons. The summed E-state index contributed by atoms with van der Waals surface area (Å²) in [5.74, 6) is -1.82. The number of aromatic nitrogens is 1. The highest BCUT2D eigenvalue weighted by molar-refractivity contribution is 7.46. The monoisotopic (exact) mass is 458 g/mol. The van der Waals surface area contributed by atoms with Crippen LogP contribution in [-0.2, 0) is 9.09 Å². The number of hydrogen-bond donors (Lipinski definition) is 3. The number of carbonyl (C=O) groups excluding carboxylic acids is 1. The minimum absolute atomic E-state index is 0.0286. The van der Waals surface area contributed by atoms with Crippen molar-refractivity contribution in [2.75, 3.05) is 6.61 Å². The number of halogens is 3. The Morgan fingerprint density at radius 3 is 2.74 bits per heavy atom. The Morgan fingerprint density at radius 1 is 1.39 bits per heavy atom. The van der Waals surface area contributed by atoms with Gasteiger partial charge in [-0.2, -0.15) is 13.2 Å². The maximum atomic E-state index is 12.9. The van der Waals surface area contributed by atoms with Crippen molar-refractivity contribution in [1.29, 1.82) is 0 Å². The van der Waals surface area contributed by atoms with Gasteiger partial charge in [-0.1, -0.05) is 24.3 Å². The second-order valence-corrected chi connectivity index (χ2v) is 8.74. The van der Waals surface area contributed by atoms with Crippen molar-refractivity contribution in [1.82, 2.24) is 10.3 Å². The van der Waals surface area contributed by atoms with Crippen molar-refractivity contribution in [3.05, 3.63) is 47.7 Å². The lowest BCUT2D eigenvalue weighted by Gasteiger charge is -2.24. The van der Waals surface area contributed by atoms with E-state index in [1.165, 1.54) is 13.1 Å². The molecule has 0 bridgehead atoms. The number of nitrogens with zero attached hydrogens (tertiary/aromatic N) is 1. The predicted molar refractivity (Wildman–Crippen MR) is 108 cm³/mol. The highest BCUT2D eigenvalue weighted by Crippen LogP contribution is 2.40. The average Bonchev–Trinajstić information content (AvgIpc) is 2.70. The lowest BCUT2D eigenvalue weighted by Crippen LogP contribution is -2.35. The molecular weight excluding hydrogens is 436 g/mol. The minimum Gasteiger partial charge on any atom is -0.347 e. The van der Waals surface area contributed by atoms with Crippen LogP contribution in [0.15, 0.2) is 36.5 Å². The Balaban J connectivity index is 1.77. The van der Waals surface area contributed by atoms with E-state index >= 15 is 0 Å². The van der Waals surface area contributed by atoms with Crippen LogP contribution < -0.4 is 5.32 Å². The first-order valence-corrected chi connectivity index (χ1v) is 11.1. The number of rotatable bonds is 6. The highest BCUT2D eigenvalue weighted by atomic mass is 31.2. The molecule has 1 aromatic carbocycles. The molecule has 3 N–H and O–H groups in total. The van der Waals surface area contributed by atoms with Gasteiger partial charge >= 0.3 is 14.0 Å². The first-order valence-electron chi connectivity index (χ1n) is 9.60. The number of nitrogens with one attached hydrogen (secondary N) is 1. The molecule has 1 aromatic heterocycles. The number of pyridine rings is 1. The van der Waals surface area contributed by atoms with E-state index in [2.05, 4.69) is 14.8 Å². The van der Waals surface area contributed by atoms with Gasteiger partial charge in [-0.05, 0) is 37.8 Å². The summed E-state index contributed by atoms with van der Waals surface area (Å²) in [4.78, 5) is 34.2. The second-order valence-electron chi connectivity index (χ2n) is 7.50. The predicted octanol–water partition coefficient (Wildman–Crippen LogP) is 4.21. The number of alkyl halides is 3. The Kier molecular flexibility index (Phi) is 6.85. The SMILES string of the molecule is C[C@H](COP(=O)(O)O)NC(=O)c1cnc2c(C3=CCC(C(F)(F)F)CC3)cccc2c1. The molecule has 11 heteroatoms. The fourth-order valence-electron chi connectivity index (χ4n) is 3.48. The smallest absolute Gasteiger partial charge is 0.347 e. The van der Waals surface area contributed by atoms with Crippen molar-refractivity contribution in [2.24, 2.45) is 5.92 Å². The first kappa shape index (κ1) is 23.4. The summed E-state index contributed by atoms with van der Waals surface area (Å²) in [5, 5.41) is 3.22. The summed E-state index contributed by atoms with van der Waals surface area (Å²) < 4.78 is 53.9. The third-order valence-corrected chi connectivity index (χ3v) is 5.55. The molecule has 0 aliphatic heterocycles. The molecule has 168 valence electrons. The largest absolute Gasteiger partial charge is 0.469 e. The quantitative estimate of drug-likeness (QED) is 0.560. The topological polar surface area (TPSA) is 109 Å². The maximum absolute atomic E-state index is 12.9. The molecule has 0 saturated heterocycles. The summed E-state index contributed by atoms with van der Waals surface area (Å²) in [6.45, 7) is 1.16. The van der Waals surface area contributed by atoms with Gasteiger partial charge < -0.3 is 15.1 Å². The van der Waals surface area contributed by atoms with E-state index < -0.39 is 31.9 Å². The van der Waals surface area contributed by atoms with Crippen LogP contribution in [0.25, 0.3) is 16.5 Å². The van der Waals surface area contributed by atoms with Gasteiger partial charge in [0.15, 0.2) is 0 Å². The first-order chi connectivity index (χ1) is 14.4. The standard InChI is InChI=1S/C20H22F3N2O5P/c1-12(11-30-31(27,28)29)25-19(26)15-9-14-3-2-4-17(18(14)24-10-15)13-5-7-16(8-6-13)20(21,22)23/h2-5,9-10,12,16H,6-8,11H2,1H3,(H,25,26)(H2,27,28,29)/t12-,16?/m1/s1. The number of fused-ring (bicyclic) bond motifs is 1. The molecule has 1 unspecified atom stereocenters. The zero-order valence-corrected chi connectivity index (χ0v) is 17.5. The minimum atomic E-state index is -4.63. The van der Waals surface area contributed by atoms with Crippen molar-refractivity contribution in [3.63, 3.8) is 0 Å². The van der Waals surface area contributed by atoms with E-state index in [0.29, 0.717) is 17.3 Å². The summed E-state index contributed by atoms with van der Waals surface area (Å²) in [6.07, 6.45) is -0.967. The Labute approximate surface area is 176 Å². The number of para-hydroxylation sites is 1. The van der Waals surface area contributed by atoms with Gasteiger partial charge in [-0.15, -0.1) is 0 Å². The number of hydrogen-bond acceptors (Lipinski definition) is 4. The van der Waals surface area contributed by atoms with Gasteiger partial charge in [0.1, 0.15) is 0 Å². The van der Waals surface area contributed by atoms with Gasteiger partial charge in [0.05, 0.1) is 29.6 Å². The van der Waals surface area contributed by atoms with E-state index in [4.69, 9.17) is 9.79 Å². The number of amides is 1. The third kappa shape index (κ3) is 6.13. The molecule has 0 spiro atoms. The number of allylic oxidation sites excluding steroid dienone is 2. The van der Waals surface area contributed by atoms with E-state index in [1.54, 1.807) is 30.3 Å². The van der Waals surface area contributed by atoms with Gasteiger partial charge in [0.2, 0.25) is 0 Å². The van der Waals surface area contributed by atoms with Crippen LogP contribution in [-0.4, -0.2) is 39.5 Å². The van der Waals surface area contributed by atoms with Crippen LogP contribution >= 0.6 is 7.82 Å². The lowest BCUT2D eigenvalue weighted by atomic mass is 9.85. The molecule has 7 nitrogen and oxygen atoms in total. The van der Waals surface area contributed by atoms with E-state index in [1.807, 2.05) is 0 Å². The molecule has 1 aliphatic rings. The van der Waals surface area contributed by atoms with Gasteiger partial charge in [-0.25, -0.2) is 4.57 Å². The molecular formula is C20H22F3N2O5P. The lowest BCUT2D eigenvalue weighted by molar-refractivity contribution is -0.175. The summed E-state index contributed by atoms with van der Waals surface area (Å²) in [5.41, 5.74) is 2.38. The van der Waals surface area contributed by atoms with E-state index in [-0.39, 0.29) is 25.0 Å². The summed E-state index contributed by atoms with van der Waals surface area (Å²) in [6, 6.07) is 6.27. The van der Waals surface area contributed by atoms with Crippen molar-refractivity contribution in [2.45, 2.75) is 38.4 Å². The Hall–Kier alpha value is -2.26. The average molecular weight is 458 g/mol. The molecule has 31 heavy (non-hydrogen) atoms. The van der Waals surface area contributed by atoms with Crippen molar-refractivity contribution >= 4 is 30.2 Å². The fourth-order valence-corrected chi connectivity index (χ4v) is 3.90. The Morgan fingerprint density at radius 2 is 2.13 bits per heavy atom. The number of phosphoric ester groups is 1. The normalized spacial score (nSPS) is 18.5. The maximum Gasteiger partial charge on any atom is 0.469 e. The molecule has 1 heterocycles. The van der Waals surface area contributed by atoms with Crippen LogP contribution in [0.1, 0.15) is 42.1 Å². The van der Waals surface area contributed by atoms with Crippen molar-refractivity contribution in [3.8, 4) is 0 Å². The highest BCUT2D eigenvalue weighted by Gasteiger charge is 2.39. The van der Waals surface area contributed by atoms with E-state index in [9.17, 15) is 22.5 Å². The fraction of sp³-hybridized carbons (Fsp3) is 0.400. The molecule has 0 saturated carbocycles. The molecule has 3 rings (SSSR count).